The highest BCUT2D eigenvalue weighted by molar-refractivity contribution is 7.20. The highest BCUT2D eigenvalue weighted by atomic mass is 28.3. The second kappa shape index (κ2) is 11.9. The zero-order valence-electron chi connectivity index (χ0n) is 27.9. The average Bonchev–Trinajstić information content (AvgIpc) is 3.75. The van der Waals surface area contributed by atoms with Crippen LogP contribution in [0.25, 0.3) is 60.6 Å². The molecule has 0 aliphatic heterocycles. The maximum absolute atomic E-state index is 6.34. The summed E-state index contributed by atoms with van der Waals surface area (Å²) in [6.45, 7) is 0. The molecule has 0 atom stereocenters. The van der Waals surface area contributed by atoms with Crippen LogP contribution in [0.3, 0.4) is 0 Å². The lowest BCUT2D eigenvalue weighted by Gasteiger charge is -2.34. The lowest BCUT2D eigenvalue weighted by atomic mass is 10.0. The van der Waals surface area contributed by atoms with Crippen LogP contribution in [0.1, 0.15) is 0 Å². The molecule has 0 radical (unpaired) electrons. The van der Waals surface area contributed by atoms with E-state index in [1.165, 1.54) is 53.7 Å². The van der Waals surface area contributed by atoms with E-state index in [2.05, 4.69) is 199 Å². The number of benzene rings is 8. The Morgan fingerprint density at radius 2 is 0.922 bits per heavy atom. The molecular weight excluding hydrogens is 635 g/mol. The molecule has 0 unspecified atom stereocenters. The van der Waals surface area contributed by atoms with Crippen LogP contribution in [0.4, 0.5) is 0 Å². The SMILES string of the molecule is c1ccc(-c2ccc3c(c2)c2ccccc2n3-c2cccc([Si](c3ccccc3)(c3ccccc3)c3ccc4oc5ccccc5c4c3)c2)cc1. The summed E-state index contributed by atoms with van der Waals surface area (Å²) in [6, 6.07) is 73.3. The minimum Gasteiger partial charge on any atom is -0.456 e. The van der Waals surface area contributed by atoms with Crippen molar-refractivity contribution in [1.82, 2.24) is 4.57 Å². The molecule has 10 rings (SSSR count). The number of hydrogen-bond acceptors (Lipinski definition) is 1. The number of furan rings is 1. The number of hydrogen-bond donors (Lipinski definition) is 0. The van der Waals surface area contributed by atoms with Crippen LogP contribution in [-0.2, 0) is 0 Å². The Bertz CT molecular complexity index is 2810. The average molecular weight is 668 g/mol. The Balaban J connectivity index is 1.26. The molecule has 3 heteroatoms. The fraction of sp³-hybridized carbons (Fsp3) is 0. The van der Waals surface area contributed by atoms with E-state index in [1.807, 2.05) is 6.07 Å². The smallest absolute Gasteiger partial charge is 0.179 e. The third-order valence-electron chi connectivity index (χ3n) is 10.5. The van der Waals surface area contributed by atoms with E-state index < -0.39 is 8.07 Å². The van der Waals surface area contributed by atoms with E-state index in [0.717, 1.165) is 27.6 Å². The topological polar surface area (TPSA) is 18.1 Å². The first-order valence-corrected chi connectivity index (χ1v) is 19.5. The van der Waals surface area contributed by atoms with Gasteiger partial charge in [0.25, 0.3) is 0 Å². The van der Waals surface area contributed by atoms with Crippen molar-refractivity contribution in [2.24, 2.45) is 0 Å². The first-order chi connectivity index (χ1) is 25.3. The minimum absolute atomic E-state index is 0.915. The van der Waals surface area contributed by atoms with Crippen LogP contribution in [0, 0.1) is 0 Å². The molecular formula is C48H33NOSi. The van der Waals surface area contributed by atoms with Crippen LogP contribution in [0.15, 0.2) is 205 Å². The number of nitrogens with zero attached hydrogens (tertiary/aromatic N) is 1. The molecule has 10 aromatic rings. The van der Waals surface area contributed by atoms with Crippen molar-refractivity contribution in [3.8, 4) is 16.8 Å². The second-order valence-corrected chi connectivity index (χ2v) is 17.1. The van der Waals surface area contributed by atoms with Gasteiger partial charge in [-0.15, -0.1) is 0 Å². The van der Waals surface area contributed by atoms with Crippen LogP contribution in [0.5, 0.6) is 0 Å². The maximum atomic E-state index is 6.34. The van der Waals surface area contributed by atoms with E-state index >= 15 is 0 Å². The van der Waals surface area contributed by atoms with Crippen molar-refractivity contribution < 1.29 is 4.42 Å². The number of fused-ring (bicyclic) bond motifs is 6. The van der Waals surface area contributed by atoms with Crippen LogP contribution in [-0.4, -0.2) is 12.6 Å². The third kappa shape index (κ3) is 4.63. The molecule has 240 valence electrons. The van der Waals surface area contributed by atoms with Crippen molar-refractivity contribution in [2.75, 3.05) is 0 Å². The van der Waals surface area contributed by atoms with Crippen LogP contribution < -0.4 is 20.7 Å². The standard InChI is InChI=1S/C48H33NOSi/c1-4-15-34(16-5-1)35-27-29-46-43(31-35)41-23-10-12-25-45(41)49(46)36-17-14-22-39(32-36)51(37-18-6-2-7-19-37,38-20-8-3-9-21-38)40-28-30-48-44(33-40)42-24-11-13-26-47(42)50-48/h1-33H. The molecule has 51 heavy (non-hydrogen) atoms. The summed E-state index contributed by atoms with van der Waals surface area (Å²) in [4.78, 5) is 0. The summed E-state index contributed by atoms with van der Waals surface area (Å²) in [6.07, 6.45) is 0. The van der Waals surface area contributed by atoms with Gasteiger partial charge in [-0.3, -0.25) is 0 Å². The van der Waals surface area contributed by atoms with E-state index in [1.54, 1.807) is 0 Å². The number of aromatic nitrogens is 1. The molecule has 2 heterocycles. The van der Waals surface area contributed by atoms with Crippen molar-refractivity contribution in [2.45, 2.75) is 0 Å². The summed E-state index contributed by atoms with van der Waals surface area (Å²) in [5.74, 6) is 0. The van der Waals surface area contributed by atoms with Crippen molar-refractivity contribution in [1.29, 1.82) is 0 Å². The molecule has 0 aliphatic rings. The van der Waals surface area contributed by atoms with Crippen molar-refractivity contribution in [3.05, 3.63) is 200 Å². The van der Waals surface area contributed by atoms with Crippen LogP contribution >= 0.6 is 0 Å². The van der Waals surface area contributed by atoms with Gasteiger partial charge in [-0.2, -0.15) is 0 Å². The zero-order valence-corrected chi connectivity index (χ0v) is 28.9. The fourth-order valence-corrected chi connectivity index (χ4v) is 13.1. The molecule has 2 aromatic heterocycles. The van der Waals surface area contributed by atoms with Gasteiger partial charge in [-0.1, -0.05) is 158 Å². The Kier molecular flexibility index (Phi) is 6.86. The van der Waals surface area contributed by atoms with E-state index in [9.17, 15) is 0 Å². The summed E-state index contributed by atoms with van der Waals surface area (Å²) in [5, 5.41) is 10.1. The van der Waals surface area contributed by atoms with Gasteiger partial charge in [0.1, 0.15) is 11.2 Å². The summed E-state index contributed by atoms with van der Waals surface area (Å²) in [7, 11) is -2.86. The second-order valence-electron chi connectivity index (χ2n) is 13.3. The Hall–Kier alpha value is -6.42. The molecule has 0 spiro atoms. The Labute approximate surface area is 297 Å². The lowest BCUT2D eigenvalue weighted by molar-refractivity contribution is 0.669. The quantitative estimate of drug-likeness (QED) is 0.128. The van der Waals surface area contributed by atoms with Gasteiger partial charge < -0.3 is 8.98 Å². The molecule has 0 amide bonds. The molecule has 8 aromatic carbocycles. The van der Waals surface area contributed by atoms with Gasteiger partial charge in [0, 0.05) is 27.2 Å². The van der Waals surface area contributed by atoms with Crippen molar-refractivity contribution >= 4 is 72.6 Å². The zero-order chi connectivity index (χ0) is 33.8. The van der Waals surface area contributed by atoms with Gasteiger partial charge in [-0.05, 0) is 74.3 Å². The first-order valence-electron chi connectivity index (χ1n) is 17.5. The minimum atomic E-state index is -2.86. The van der Waals surface area contributed by atoms with E-state index in [0.29, 0.717) is 0 Å². The number of para-hydroxylation sites is 2. The highest BCUT2D eigenvalue weighted by Gasteiger charge is 2.42. The Morgan fingerprint density at radius 3 is 1.69 bits per heavy atom. The van der Waals surface area contributed by atoms with Gasteiger partial charge in [0.05, 0.1) is 11.0 Å². The normalized spacial score (nSPS) is 11.9. The summed E-state index contributed by atoms with van der Waals surface area (Å²) >= 11 is 0. The van der Waals surface area contributed by atoms with Crippen LogP contribution in [0.2, 0.25) is 0 Å². The van der Waals surface area contributed by atoms with Gasteiger partial charge in [-0.25, -0.2) is 0 Å². The largest absolute Gasteiger partial charge is 0.456 e. The molecule has 0 bridgehead atoms. The number of rotatable bonds is 6. The first kappa shape index (κ1) is 29.5. The summed E-state index contributed by atoms with van der Waals surface area (Å²) < 4.78 is 8.79. The molecule has 2 nitrogen and oxygen atoms in total. The van der Waals surface area contributed by atoms with Gasteiger partial charge in [0.2, 0.25) is 0 Å². The van der Waals surface area contributed by atoms with E-state index in [-0.39, 0.29) is 0 Å². The molecule has 0 aliphatic carbocycles. The highest BCUT2D eigenvalue weighted by Crippen LogP contribution is 2.35. The monoisotopic (exact) mass is 667 g/mol. The molecule has 0 fully saturated rings. The Morgan fingerprint density at radius 1 is 0.333 bits per heavy atom. The summed E-state index contributed by atoms with van der Waals surface area (Å²) in [5.41, 5.74) is 7.84. The lowest BCUT2D eigenvalue weighted by Crippen LogP contribution is -2.74. The predicted molar refractivity (Wildman–Crippen MR) is 217 cm³/mol. The molecule has 0 N–H and O–H groups in total. The van der Waals surface area contributed by atoms with E-state index in [4.69, 9.17) is 4.42 Å². The van der Waals surface area contributed by atoms with Gasteiger partial charge in [0.15, 0.2) is 8.07 Å². The van der Waals surface area contributed by atoms with Gasteiger partial charge >= 0.3 is 0 Å². The van der Waals surface area contributed by atoms with Crippen molar-refractivity contribution in [3.63, 3.8) is 0 Å². The maximum Gasteiger partial charge on any atom is 0.179 e. The molecule has 0 saturated carbocycles. The predicted octanol–water partition coefficient (Wildman–Crippen LogP) is 9.73. The fourth-order valence-electron chi connectivity index (χ4n) is 8.28. The third-order valence-corrected chi connectivity index (χ3v) is 15.3. The molecule has 0 saturated heterocycles.